The van der Waals surface area contributed by atoms with Gasteiger partial charge in [-0.25, -0.2) is 0 Å². The lowest BCUT2D eigenvalue weighted by molar-refractivity contribution is -0.138. The molecule has 1 aliphatic carbocycles. The van der Waals surface area contributed by atoms with Crippen LogP contribution in [0.4, 0.5) is 5.69 Å². The van der Waals surface area contributed by atoms with Crippen LogP contribution in [0.15, 0.2) is 24.3 Å². The van der Waals surface area contributed by atoms with Crippen molar-refractivity contribution in [1.29, 1.82) is 0 Å². The number of piperazine rings is 1. The van der Waals surface area contributed by atoms with E-state index < -0.39 is 5.54 Å². The maximum atomic E-state index is 12.7. The fourth-order valence-electron chi connectivity index (χ4n) is 4.52. The summed E-state index contributed by atoms with van der Waals surface area (Å²) in [5.41, 5.74) is 7.97. The molecule has 1 saturated heterocycles. The molecule has 0 unspecified atom stereocenters. The zero-order valence-corrected chi connectivity index (χ0v) is 17.8. The molecule has 1 saturated carbocycles. The first kappa shape index (κ1) is 22.9. The molecule has 3 aliphatic rings. The molecule has 28 heavy (non-hydrogen) atoms. The van der Waals surface area contributed by atoms with Crippen molar-refractivity contribution < 1.29 is 9.59 Å². The molecule has 2 N–H and O–H groups in total. The van der Waals surface area contributed by atoms with E-state index in [1.807, 2.05) is 28.0 Å². The standard InChI is InChI=1S/C20H28N4O2.2ClH/c21-20(8-3-4-9-20)19(26)23-13-11-22(12-14-23)15-18(25)24-10-7-16-5-1-2-6-17(16)24;;/h1-2,5-6H,3-4,7-15,21H2;2*1H. The minimum absolute atomic E-state index is 0. The van der Waals surface area contributed by atoms with Gasteiger partial charge in [0, 0.05) is 38.4 Å². The number of nitrogens with two attached hydrogens (primary N) is 1. The third-order valence-corrected chi connectivity index (χ3v) is 6.13. The highest BCUT2D eigenvalue weighted by Crippen LogP contribution is 2.30. The van der Waals surface area contributed by atoms with Crippen LogP contribution in [-0.4, -0.2) is 66.4 Å². The topological polar surface area (TPSA) is 69.9 Å². The number of para-hydroxylation sites is 1. The largest absolute Gasteiger partial charge is 0.339 e. The van der Waals surface area contributed by atoms with Crippen molar-refractivity contribution in [3.63, 3.8) is 0 Å². The van der Waals surface area contributed by atoms with Gasteiger partial charge in [0.05, 0.1) is 12.1 Å². The maximum absolute atomic E-state index is 12.7. The highest BCUT2D eigenvalue weighted by Gasteiger charge is 2.40. The minimum Gasteiger partial charge on any atom is -0.339 e. The van der Waals surface area contributed by atoms with Gasteiger partial charge in [-0.2, -0.15) is 0 Å². The van der Waals surface area contributed by atoms with Gasteiger partial charge in [-0.05, 0) is 30.9 Å². The van der Waals surface area contributed by atoms with Crippen LogP contribution in [0.2, 0.25) is 0 Å². The highest BCUT2D eigenvalue weighted by molar-refractivity contribution is 5.96. The second kappa shape index (κ2) is 9.44. The molecule has 2 aliphatic heterocycles. The monoisotopic (exact) mass is 428 g/mol. The lowest BCUT2D eigenvalue weighted by Crippen LogP contribution is -2.59. The number of hydrogen-bond acceptors (Lipinski definition) is 4. The average Bonchev–Trinajstić information content (AvgIpc) is 3.29. The summed E-state index contributed by atoms with van der Waals surface area (Å²) in [4.78, 5) is 31.4. The Morgan fingerprint density at radius 2 is 1.61 bits per heavy atom. The lowest BCUT2D eigenvalue weighted by atomic mass is 9.97. The van der Waals surface area contributed by atoms with Crippen molar-refractivity contribution >= 4 is 42.3 Å². The summed E-state index contributed by atoms with van der Waals surface area (Å²) in [6.45, 7) is 4.01. The first-order valence-corrected chi connectivity index (χ1v) is 9.76. The van der Waals surface area contributed by atoms with Crippen molar-refractivity contribution in [3.8, 4) is 0 Å². The van der Waals surface area contributed by atoms with Crippen molar-refractivity contribution in [3.05, 3.63) is 29.8 Å². The smallest absolute Gasteiger partial charge is 0.242 e. The van der Waals surface area contributed by atoms with Crippen LogP contribution in [0, 0.1) is 0 Å². The number of amides is 2. The molecular weight excluding hydrogens is 399 g/mol. The van der Waals surface area contributed by atoms with Gasteiger partial charge in [-0.3, -0.25) is 14.5 Å². The van der Waals surface area contributed by atoms with Crippen LogP contribution in [0.1, 0.15) is 31.2 Å². The zero-order valence-electron chi connectivity index (χ0n) is 16.1. The third-order valence-electron chi connectivity index (χ3n) is 6.13. The van der Waals surface area contributed by atoms with Crippen LogP contribution in [0.5, 0.6) is 0 Å². The number of hydrogen-bond donors (Lipinski definition) is 1. The van der Waals surface area contributed by atoms with Gasteiger partial charge >= 0.3 is 0 Å². The summed E-state index contributed by atoms with van der Waals surface area (Å²) in [6.07, 6.45) is 4.64. The Hall–Kier alpha value is -1.34. The molecule has 2 fully saturated rings. The molecule has 0 atom stereocenters. The molecule has 2 amide bonds. The number of nitrogens with zero attached hydrogens (tertiary/aromatic N) is 3. The van der Waals surface area contributed by atoms with E-state index >= 15 is 0 Å². The Morgan fingerprint density at radius 1 is 0.964 bits per heavy atom. The van der Waals surface area contributed by atoms with Crippen LogP contribution in [0.3, 0.4) is 0 Å². The van der Waals surface area contributed by atoms with Crippen LogP contribution < -0.4 is 10.6 Å². The van der Waals surface area contributed by atoms with Crippen molar-refractivity contribution in [2.24, 2.45) is 5.73 Å². The highest BCUT2D eigenvalue weighted by atomic mass is 35.5. The molecule has 6 nitrogen and oxygen atoms in total. The molecule has 1 aromatic rings. The molecule has 0 spiro atoms. The van der Waals surface area contributed by atoms with Gasteiger partial charge < -0.3 is 15.5 Å². The molecule has 0 aromatic heterocycles. The summed E-state index contributed by atoms with van der Waals surface area (Å²) in [7, 11) is 0. The second-order valence-electron chi connectivity index (χ2n) is 7.86. The van der Waals surface area contributed by atoms with Gasteiger partial charge in [0.25, 0.3) is 0 Å². The summed E-state index contributed by atoms with van der Waals surface area (Å²) in [5.74, 6) is 0.260. The van der Waals surface area contributed by atoms with Gasteiger partial charge in [-0.1, -0.05) is 31.0 Å². The van der Waals surface area contributed by atoms with E-state index in [-0.39, 0.29) is 36.6 Å². The van der Waals surface area contributed by atoms with Crippen molar-refractivity contribution in [2.45, 2.75) is 37.6 Å². The number of benzene rings is 1. The Bertz CT molecular complexity index is 701. The quantitative estimate of drug-likeness (QED) is 0.796. The zero-order chi connectivity index (χ0) is 18.1. The summed E-state index contributed by atoms with van der Waals surface area (Å²) < 4.78 is 0. The number of rotatable bonds is 3. The van der Waals surface area contributed by atoms with Gasteiger partial charge in [0.1, 0.15) is 0 Å². The van der Waals surface area contributed by atoms with E-state index in [2.05, 4.69) is 11.0 Å². The Labute approximate surface area is 179 Å². The summed E-state index contributed by atoms with van der Waals surface area (Å²) in [5, 5.41) is 0. The van der Waals surface area contributed by atoms with Crippen molar-refractivity contribution in [2.75, 3.05) is 44.2 Å². The van der Waals surface area contributed by atoms with E-state index in [0.29, 0.717) is 19.6 Å². The Morgan fingerprint density at radius 3 is 2.29 bits per heavy atom. The molecule has 156 valence electrons. The van der Waals surface area contributed by atoms with Crippen LogP contribution in [0.25, 0.3) is 0 Å². The van der Waals surface area contributed by atoms with E-state index in [1.165, 1.54) is 5.56 Å². The molecule has 2 heterocycles. The number of fused-ring (bicyclic) bond motifs is 1. The molecule has 0 radical (unpaired) electrons. The second-order valence-corrected chi connectivity index (χ2v) is 7.86. The lowest BCUT2D eigenvalue weighted by Gasteiger charge is -2.38. The van der Waals surface area contributed by atoms with Crippen LogP contribution >= 0.6 is 24.8 Å². The summed E-state index contributed by atoms with van der Waals surface area (Å²) >= 11 is 0. The van der Waals surface area contributed by atoms with Crippen molar-refractivity contribution in [1.82, 2.24) is 9.80 Å². The van der Waals surface area contributed by atoms with Crippen LogP contribution in [-0.2, 0) is 16.0 Å². The molecule has 4 rings (SSSR count). The first-order chi connectivity index (χ1) is 12.6. The van der Waals surface area contributed by atoms with E-state index in [4.69, 9.17) is 5.73 Å². The third kappa shape index (κ3) is 4.46. The SMILES string of the molecule is Cl.Cl.NC1(C(=O)N2CCN(CC(=O)N3CCc4ccccc43)CC2)CCCC1. The molecule has 0 bridgehead atoms. The fraction of sp³-hybridized carbons (Fsp3) is 0.600. The maximum Gasteiger partial charge on any atom is 0.242 e. The normalized spacial score (nSPS) is 20.9. The van der Waals surface area contributed by atoms with Gasteiger partial charge in [-0.15, -0.1) is 24.8 Å². The minimum atomic E-state index is -0.642. The van der Waals surface area contributed by atoms with Gasteiger partial charge in [0.15, 0.2) is 0 Å². The summed E-state index contributed by atoms with van der Waals surface area (Å²) in [6, 6.07) is 8.13. The fourth-order valence-corrected chi connectivity index (χ4v) is 4.52. The predicted octanol–water partition coefficient (Wildman–Crippen LogP) is 1.83. The number of carbonyl (C=O) groups is 2. The van der Waals surface area contributed by atoms with E-state index in [0.717, 1.165) is 57.4 Å². The van der Waals surface area contributed by atoms with E-state index in [1.54, 1.807) is 0 Å². The predicted molar refractivity (Wildman–Crippen MR) is 115 cm³/mol. The number of halogens is 2. The molecule has 1 aromatic carbocycles. The Kier molecular flexibility index (Phi) is 7.73. The average molecular weight is 429 g/mol. The van der Waals surface area contributed by atoms with Gasteiger partial charge in [0.2, 0.25) is 11.8 Å². The molecule has 8 heteroatoms. The Balaban J connectivity index is 0.00000140. The molecular formula is C20H30Cl2N4O2. The first-order valence-electron chi connectivity index (χ1n) is 9.76. The van der Waals surface area contributed by atoms with E-state index in [9.17, 15) is 9.59 Å². The number of anilines is 1. The number of carbonyl (C=O) groups excluding carboxylic acids is 2.